The fourth-order valence-corrected chi connectivity index (χ4v) is 11.0. The number of furan rings is 1. The van der Waals surface area contributed by atoms with Crippen LogP contribution in [0, 0.1) is 5.92 Å². The van der Waals surface area contributed by atoms with Gasteiger partial charge in [-0.2, -0.15) is 0 Å². The zero-order chi connectivity index (χ0) is 39.5. The summed E-state index contributed by atoms with van der Waals surface area (Å²) in [5, 5.41) is 11.9. The molecule has 0 fully saturated rings. The lowest BCUT2D eigenvalue weighted by Gasteiger charge is -2.29. The van der Waals surface area contributed by atoms with Crippen molar-refractivity contribution in [3.63, 3.8) is 0 Å². The molecule has 0 aliphatic carbocycles. The van der Waals surface area contributed by atoms with Crippen molar-refractivity contribution in [3.05, 3.63) is 199 Å². The Balaban J connectivity index is 1.11. The number of para-hydroxylation sites is 2. The van der Waals surface area contributed by atoms with Gasteiger partial charge in [0.1, 0.15) is 11.2 Å². The van der Waals surface area contributed by atoms with E-state index < -0.39 is 0 Å². The molecule has 0 N–H and O–H groups in total. The molecule has 2 unspecified atom stereocenters. The van der Waals surface area contributed by atoms with E-state index in [9.17, 15) is 0 Å². The maximum atomic E-state index is 6.78. The van der Waals surface area contributed by atoms with Crippen LogP contribution in [0.3, 0.4) is 0 Å². The van der Waals surface area contributed by atoms with Gasteiger partial charge >= 0.3 is 0 Å². The molecule has 1 aliphatic rings. The monoisotopic (exact) mass is 785 g/mol. The quantitative estimate of drug-likeness (QED) is 0.175. The first-order chi connectivity index (χ1) is 29.6. The molecule has 0 spiro atoms. The number of nitrogens with zero attached hydrogens (tertiary/aromatic N) is 3. The summed E-state index contributed by atoms with van der Waals surface area (Å²) in [5.41, 5.74) is 9.24. The molecular formula is C55H35N3OS. The van der Waals surface area contributed by atoms with E-state index in [0.29, 0.717) is 5.84 Å². The Labute approximate surface area is 349 Å². The number of amidine groups is 1. The van der Waals surface area contributed by atoms with Crippen LogP contribution in [-0.2, 0) is 0 Å². The Bertz CT molecular complexity index is 3820. The molecule has 4 nitrogen and oxygen atoms in total. The smallest absolute Gasteiger partial charge is 0.156 e. The molecule has 0 amide bonds. The second kappa shape index (κ2) is 12.8. The van der Waals surface area contributed by atoms with Crippen LogP contribution in [-0.4, -0.2) is 16.1 Å². The first-order valence-corrected chi connectivity index (χ1v) is 21.4. The van der Waals surface area contributed by atoms with Crippen molar-refractivity contribution in [1.82, 2.24) is 4.57 Å². The van der Waals surface area contributed by atoms with Crippen molar-refractivity contribution in [2.24, 2.45) is 15.9 Å². The molecule has 0 bridgehead atoms. The molecule has 0 saturated heterocycles. The summed E-state index contributed by atoms with van der Waals surface area (Å²) in [5.74, 6) is 0.702. The predicted octanol–water partition coefficient (Wildman–Crippen LogP) is 15.0. The average molecular weight is 786 g/mol. The van der Waals surface area contributed by atoms with E-state index in [2.05, 4.69) is 187 Å². The maximum Gasteiger partial charge on any atom is 0.156 e. The van der Waals surface area contributed by atoms with Crippen molar-refractivity contribution in [3.8, 4) is 5.69 Å². The summed E-state index contributed by atoms with van der Waals surface area (Å²) in [6.07, 6.45) is 0. The Hall–Kier alpha value is -7.34. The average Bonchev–Trinajstić information content (AvgIpc) is 3.97. The molecule has 3 aromatic heterocycles. The Morgan fingerprint density at radius 1 is 0.500 bits per heavy atom. The van der Waals surface area contributed by atoms with Crippen LogP contribution in [0.15, 0.2) is 196 Å². The van der Waals surface area contributed by atoms with Gasteiger partial charge in [-0.05, 0) is 75.6 Å². The highest BCUT2D eigenvalue weighted by Crippen LogP contribution is 2.43. The summed E-state index contributed by atoms with van der Waals surface area (Å²) in [6, 6.07) is 65.5. The fraction of sp³-hybridized carbons (Fsp3) is 0.0545. The number of aliphatic imine (C=N–C) groups is 2. The first-order valence-electron chi connectivity index (χ1n) is 20.6. The molecule has 5 heteroatoms. The van der Waals surface area contributed by atoms with Gasteiger partial charge in [-0.3, -0.25) is 4.99 Å². The SMILES string of the molecule is CC1C(c2cccc3ccccc23)=NC(c2cc(-n3c4ccccc4c4cc5ccccc5cc43)cc3oc4ccccc4c23)=NC1c1ccc2sc3ccccc3c2c1. The molecule has 12 aromatic rings. The highest BCUT2D eigenvalue weighted by Gasteiger charge is 2.32. The number of rotatable bonds is 4. The van der Waals surface area contributed by atoms with Crippen LogP contribution in [0.1, 0.15) is 29.7 Å². The number of aromatic nitrogens is 1. The normalized spacial score (nSPS) is 15.9. The van der Waals surface area contributed by atoms with Gasteiger partial charge in [-0.25, -0.2) is 4.99 Å². The van der Waals surface area contributed by atoms with Gasteiger partial charge in [-0.15, -0.1) is 11.3 Å². The summed E-state index contributed by atoms with van der Waals surface area (Å²) >= 11 is 1.85. The maximum absolute atomic E-state index is 6.78. The van der Waals surface area contributed by atoms with E-state index in [4.69, 9.17) is 14.4 Å². The van der Waals surface area contributed by atoms with Crippen LogP contribution in [0.5, 0.6) is 0 Å². The highest BCUT2D eigenvalue weighted by atomic mass is 32.1. The number of fused-ring (bicyclic) bond motifs is 11. The van der Waals surface area contributed by atoms with Crippen LogP contribution in [0.2, 0.25) is 0 Å². The molecule has 1 aliphatic heterocycles. The third kappa shape index (κ3) is 4.96. The minimum absolute atomic E-state index is 0.00714. The van der Waals surface area contributed by atoms with Crippen LogP contribution in [0.4, 0.5) is 0 Å². The Kier molecular flexibility index (Phi) is 7.19. The van der Waals surface area contributed by atoms with E-state index in [1.807, 2.05) is 17.4 Å². The number of hydrogen-bond acceptors (Lipinski definition) is 4. The molecule has 4 heterocycles. The highest BCUT2D eigenvalue weighted by molar-refractivity contribution is 7.25. The lowest BCUT2D eigenvalue weighted by molar-refractivity contribution is 0.593. The van der Waals surface area contributed by atoms with Crippen molar-refractivity contribution in [1.29, 1.82) is 0 Å². The van der Waals surface area contributed by atoms with Crippen molar-refractivity contribution in [2.75, 3.05) is 0 Å². The van der Waals surface area contributed by atoms with Gasteiger partial charge < -0.3 is 8.98 Å². The van der Waals surface area contributed by atoms with Gasteiger partial charge in [0.2, 0.25) is 0 Å². The first kappa shape index (κ1) is 33.6. The van der Waals surface area contributed by atoms with Crippen LogP contribution >= 0.6 is 11.3 Å². The minimum atomic E-state index is -0.189. The van der Waals surface area contributed by atoms with Gasteiger partial charge in [0.15, 0.2) is 5.84 Å². The summed E-state index contributed by atoms with van der Waals surface area (Å²) < 4.78 is 11.8. The van der Waals surface area contributed by atoms with E-state index in [1.165, 1.54) is 58.1 Å². The molecule has 60 heavy (non-hydrogen) atoms. The summed E-state index contributed by atoms with van der Waals surface area (Å²) in [7, 11) is 0. The second-order valence-electron chi connectivity index (χ2n) is 16.1. The largest absolute Gasteiger partial charge is 0.456 e. The van der Waals surface area contributed by atoms with E-state index in [-0.39, 0.29) is 12.0 Å². The lowest BCUT2D eigenvalue weighted by Crippen LogP contribution is -2.26. The number of hydrogen-bond donors (Lipinski definition) is 0. The molecule has 13 rings (SSSR count). The zero-order valence-electron chi connectivity index (χ0n) is 32.6. The van der Waals surface area contributed by atoms with E-state index in [1.54, 1.807) is 0 Å². The van der Waals surface area contributed by atoms with Crippen molar-refractivity contribution >= 4 is 108 Å². The Morgan fingerprint density at radius 3 is 2.08 bits per heavy atom. The summed E-state index contributed by atoms with van der Waals surface area (Å²) in [4.78, 5) is 11.4. The third-order valence-electron chi connectivity index (χ3n) is 12.7. The van der Waals surface area contributed by atoms with Gasteiger partial charge in [0.25, 0.3) is 0 Å². The topological polar surface area (TPSA) is 42.8 Å². The van der Waals surface area contributed by atoms with Crippen LogP contribution < -0.4 is 0 Å². The third-order valence-corrected chi connectivity index (χ3v) is 13.9. The predicted molar refractivity (Wildman–Crippen MR) is 254 cm³/mol. The number of thiophene rings is 1. The number of benzene rings is 9. The molecule has 2 atom stereocenters. The second-order valence-corrected chi connectivity index (χ2v) is 17.2. The van der Waals surface area contributed by atoms with E-state index in [0.717, 1.165) is 55.5 Å². The molecule has 282 valence electrons. The fourth-order valence-electron chi connectivity index (χ4n) is 9.89. The molecular weight excluding hydrogens is 751 g/mol. The standard InChI is InChI=1S/C55H35N3OS/c1-32-53(36-25-26-51-44(28-36)40-19-8-11-24-50(40)60-51)56-55(57-54(32)41-21-12-16-33-13-4-5-17-38(33)41)45-30-37(31-49-52(45)42-20-7-10-23-48(42)59-49)58-46-22-9-6-18-39(46)43-27-34-14-2-3-15-35(34)29-47(43)58/h2-32,53H,1H3. The van der Waals surface area contributed by atoms with E-state index >= 15 is 0 Å². The minimum Gasteiger partial charge on any atom is -0.456 e. The van der Waals surface area contributed by atoms with Gasteiger partial charge in [-0.1, -0.05) is 134 Å². The van der Waals surface area contributed by atoms with Crippen molar-refractivity contribution < 1.29 is 4.42 Å². The van der Waals surface area contributed by atoms with Crippen molar-refractivity contribution in [2.45, 2.75) is 13.0 Å². The summed E-state index contributed by atoms with van der Waals surface area (Å²) in [6.45, 7) is 2.29. The van der Waals surface area contributed by atoms with Gasteiger partial charge in [0.05, 0.1) is 28.5 Å². The molecule has 0 radical (unpaired) electrons. The molecule has 9 aromatic carbocycles. The van der Waals surface area contributed by atoms with Gasteiger partial charge in [0, 0.05) is 64.8 Å². The lowest BCUT2D eigenvalue weighted by atomic mass is 9.84. The molecule has 0 saturated carbocycles. The van der Waals surface area contributed by atoms with Crippen LogP contribution in [0.25, 0.3) is 91.1 Å². The zero-order valence-corrected chi connectivity index (χ0v) is 33.4. The Morgan fingerprint density at radius 2 is 1.20 bits per heavy atom.